The summed E-state index contributed by atoms with van der Waals surface area (Å²) in [6, 6.07) is 5.49. The summed E-state index contributed by atoms with van der Waals surface area (Å²) in [7, 11) is 0. The number of carbonyl (C=O) groups is 2. The van der Waals surface area contributed by atoms with Crippen LogP contribution in [0, 0.1) is 0 Å². The van der Waals surface area contributed by atoms with Crippen molar-refractivity contribution in [3.63, 3.8) is 0 Å². The number of carbonyl (C=O) groups excluding carboxylic acids is 2. The summed E-state index contributed by atoms with van der Waals surface area (Å²) in [6.45, 7) is 13.9. The Labute approximate surface area is 292 Å². The van der Waals surface area contributed by atoms with Crippen molar-refractivity contribution < 1.29 is 19.1 Å². The highest BCUT2D eigenvalue weighted by Crippen LogP contribution is 2.31. The molecule has 6 rings (SSSR count). The number of nitrogens with zero attached hydrogens (tertiary/aromatic N) is 8. The minimum absolute atomic E-state index is 0.135. The van der Waals surface area contributed by atoms with E-state index in [4.69, 9.17) is 32.7 Å². The number of ether oxygens (including phenoxy) is 2. The fraction of sp³-hybridized carbons (Fsp3) is 0.562. The molecule has 2 saturated heterocycles. The SMILES string of the molecule is CC(C)(C)OC(=O)N1CCCC(c2cc(Cl)n3ncc(Br)c3n2)C1.CC(C)(C)OC(=O)N1CCCC(c2cc(Cl)n3nccc3n2)C1. The van der Waals surface area contributed by atoms with Crippen LogP contribution in [0.1, 0.15) is 90.4 Å². The van der Waals surface area contributed by atoms with Crippen molar-refractivity contribution in [1.29, 1.82) is 0 Å². The molecule has 0 saturated carbocycles. The van der Waals surface area contributed by atoms with E-state index in [1.807, 2.05) is 59.7 Å². The van der Waals surface area contributed by atoms with Gasteiger partial charge in [0.15, 0.2) is 11.3 Å². The summed E-state index contributed by atoms with van der Waals surface area (Å²) >= 11 is 16.0. The fourth-order valence-corrected chi connectivity index (χ4v) is 6.48. The van der Waals surface area contributed by atoms with Crippen molar-refractivity contribution >= 4 is 62.6 Å². The molecular weight excluding hydrogens is 711 g/mol. The molecule has 2 aliphatic rings. The van der Waals surface area contributed by atoms with Gasteiger partial charge in [-0.25, -0.2) is 28.6 Å². The molecule has 2 fully saturated rings. The molecular formula is C32H41BrCl2N8O4. The van der Waals surface area contributed by atoms with Crippen LogP contribution in [0.2, 0.25) is 10.3 Å². The summed E-state index contributed by atoms with van der Waals surface area (Å²) in [6.07, 6.45) is 6.58. The minimum Gasteiger partial charge on any atom is -0.444 e. The smallest absolute Gasteiger partial charge is 0.410 e. The van der Waals surface area contributed by atoms with Gasteiger partial charge in [0.2, 0.25) is 0 Å². The summed E-state index contributed by atoms with van der Waals surface area (Å²) in [5, 5.41) is 9.35. The molecule has 2 aliphatic heterocycles. The highest BCUT2D eigenvalue weighted by molar-refractivity contribution is 9.10. The number of aromatic nitrogens is 6. The monoisotopic (exact) mass is 750 g/mol. The maximum Gasteiger partial charge on any atom is 0.410 e. The fourth-order valence-electron chi connectivity index (χ4n) is 5.65. The minimum atomic E-state index is -0.493. The Morgan fingerprint density at radius 2 is 1.32 bits per heavy atom. The first-order chi connectivity index (χ1) is 22.1. The van der Waals surface area contributed by atoms with Crippen LogP contribution >= 0.6 is 39.1 Å². The van der Waals surface area contributed by atoms with E-state index in [0.29, 0.717) is 42.1 Å². The number of piperidine rings is 2. The van der Waals surface area contributed by atoms with Crippen molar-refractivity contribution in [1.82, 2.24) is 39.0 Å². The number of hydrogen-bond acceptors (Lipinski definition) is 8. The van der Waals surface area contributed by atoms with E-state index in [1.165, 1.54) is 0 Å². The van der Waals surface area contributed by atoms with Gasteiger partial charge < -0.3 is 19.3 Å². The lowest BCUT2D eigenvalue weighted by atomic mass is 9.95. The molecule has 0 N–H and O–H groups in total. The third-order valence-corrected chi connectivity index (χ3v) is 8.82. The van der Waals surface area contributed by atoms with E-state index in [9.17, 15) is 9.59 Å². The number of likely N-dealkylation sites (tertiary alicyclic amines) is 2. The standard InChI is InChI=1S/C16H20BrClN4O2.C16H21ClN4O2/c1-16(2,3)24-15(23)21-6-4-5-10(9-21)12-7-13(18)22-14(20-12)11(17)8-19-22;1-16(2,3)23-15(22)20-8-4-5-11(10-20)12-9-13(17)21-14(19-12)6-7-18-21/h7-8,10H,4-6,9H2,1-3H3;6-7,9,11H,4-5,8,10H2,1-3H3. The zero-order chi connectivity index (χ0) is 34.1. The van der Waals surface area contributed by atoms with Gasteiger partial charge in [0, 0.05) is 44.1 Å². The molecule has 15 heteroatoms. The molecule has 0 bridgehead atoms. The predicted octanol–water partition coefficient (Wildman–Crippen LogP) is 7.76. The zero-order valence-corrected chi connectivity index (χ0v) is 30.6. The quantitative estimate of drug-likeness (QED) is 0.191. The average Bonchev–Trinajstić information content (AvgIpc) is 3.63. The zero-order valence-electron chi connectivity index (χ0n) is 27.5. The van der Waals surface area contributed by atoms with Gasteiger partial charge in [-0.1, -0.05) is 23.2 Å². The topological polar surface area (TPSA) is 119 Å². The maximum absolute atomic E-state index is 12.3. The third kappa shape index (κ3) is 8.85. The van der Waals surface area contributed by atoms with Crippen molar-refractivity contribution in [3.05, 3.63) is 56.8 Å². The van der Waals surface area contributed by atoms with Crippen LogP contribution in [-0.2, 0) is 9.47 Å². The van der Waals surface area contributed by atoms with Gasteiger partial charge >= 0.3 is 12.2 Å². The van der Waals surface area contributed by atoms with Gasteiger partial charge in [-0.2, -0.15) is 10.2 Å². The summed E-state index contributed by atoms with van der Waals surface area (Å²) in [4.78, 5) is 37.4. The van der Waals surface area contributed by atoms with Crippen LogP contribution in [0.5, 0.6) is 0 Å². The Hall–Kier alpha value is -3.16. The van der Waals surface area contributed by atoms with Crippen LogP contribution < -0.4 is 0 Å². The molecule has 0 aromatic carbocycles. The van der Waals surface area contributed by atoms with E-state index >= 15 is 0 Å². The second-order valence-electron chi connectivity index (χ2n) is 13.9. The summed E-state index contributed by atoms with van der Waals surface area (Å²) in [5.41, 5.74) is 2.21. The van der Waals surface area contributed by atoms with Gasteiger partial charge in [-0.15, -0.1) is 0 Å². The highest BCUT2D eigenvalue weighted by Gasteiger charge is 2.31. The Morgan fingerprint density at radius 1 is 0.809 bits per heavy atom. The largest absolute Gasteiger partial charge is 0.444 e. The molecule has 2 atom stereocenters. The molecule has 12 nitrogen and oxygen atoms in total. The van der Waals surface area contributed by atoms with Gasteiger partial charge in [-0.05, 0) is 95.3 Å². The lowest BCUT2D eigenvalue weighted by molar-refractivity contribution is 0.0187. The van der Waals surface area contributed by atoms with Gasteiger partial charge in [-0.3, -0.25) is 0 Å². The number of amides is 2. The Bertz CT molecular complexity index is 1750. The first kappa shape index (κ1) is 35.2. The normalized spacial score (nSPS) is 19.0. The molecule has 4 aromatic rings. The van der Waals surface area contributed by atoms with E-state index in [-0.39, 0.29) is 24.0 Å². The van der Waals surface area contributed by atoms with Crippen molar-refractivity contribution in [2.75, 3.05) is 26.2 Å². The van der Waals surface area contributed by atoms with Crippen LogP contribution in [0.25, 0.3) is 11.3 Å². The second-order valence-corrected chi connectivity index (χ2v) is 15.5. The molecule has 2 unspecified atom stereocenters. The lowest BCUT2D eigenvalue weighted by Crippen LogP contribution is -2.42. The van der Waals surface area contributed by atoms with Gasteiger partial charge in [0.05, 0.1) is 28.3 Å². The first-order valence-electron chi connectivity index (χ1n) is 15.7. The van der Waals surface area contributed by atoms with E-state index < -0.39 is 11.2 Å². The molecule has 0 radical (unpaired) electrons. The van der Waals surface area contributed by atoms with Crippen molar-refractivity contribution in [3.8, 4) is 0 Å². The molecule has 6 heterocycles. The maximum atomic E-state index is 12.3. The molecule has 0 spiro atoms. The second kappa shape index (κ2) is 14.1. The van der Waals surface area contributed by atoms with Gasteiger partial charge in [0.25, 0.3) is 0 Å². The number of rotatable bonds is 2. The Morgan fingerprint density at radius 3 is 1.85 bits per heavy atom. The molecule has 0 aliphatic carbocycles. The highest BCUT2D eigenvalue weighted by atomic mass is 79.9. The van der Waals surface area contributed by atoms with Crippen LogP contribution in [-0.4, -0.2) is 88.6 Å². The van der Waals surface area contributed by atoms with E-state index in [2.05, 4.69) is 36.1 Å². The summed E-state index contributed by atoms with van der Waals surface area (Å²) < 4.78 is 14.9. The predicted molar refractivity (Wildman–Crippen MR) is 183 cm³/mol. The molecule has 2 amide bonds. The lowest BCUT2D eigenvalue weighted by Gasteiger charge is -2.34. The van der Waals surface area contributed by atoms with Crippen LogP contribution in [0.4, 0.5) is 9.59 Å². The number of halogens is 3. The third-order valence-electron chi connectivity index (χ3n) is 7.72. The molecule has 254 valence electrons. The molecule has 4 aromatic heterocycles. The number of hydrogen-bond donors (Lipinski definition) is 0. The van der Waals surface area contributed by atoms with Crippen molar-refractivity contribution in [2.24, 2.45) is 0 Å². The molecule has 47 heavy (non-hydrogen) atoms. The van der Waals surface area contributed by atoms with Crippen LogP contribution in [0.15, 0.2) is 35.1 Å². The van der Waals surface area contributed by atoms with E-state index in [0.717, 1.165) is 47.2 Å². The Kier molecular flexibility index (Phi) is 10.6. The van der Waals surface area contributed by atoms with Crippen molar-refractivity contribution in [2.45, 2.75) is 90.3 Å². The number of fused-ring (bicyclic) bond motifs is 2. The summed E-state index contributed by atoms with van der Waals surface area (Å²) in [5.74, 6) is 0.296. The van der Waals surface area contributed by atoms with Gasteiger partial charge in [0.1, 0.15) is 21.5 Å². The average molecular weight is 753 g/mol. The Balaban J connectivity index is 0.000000185. The van der Waals surface area contributed by atoms with E-state index in [1.54, 1.807) is 31.2 Å². The van der Waals surface area contributed by atoms with Crippen LogP contribution in [0.3, 0.4) is 0 Å². The first-order valence-corrected chi connectivity index (χ1v) is 17.3.